The largest absolute Gasteiger partial charge is 0.496 e. The molecule has 0 N–H and O–H groups in total. The molecule has 0 aliphatic rings. The van der Waals surface area contributed by atoms with E-state index in [9.17, 15) is 4.79 Å². The molecule has 0 fully saturated rings. The van der Waals surface area contributed by atoms with Gasteiger partial charge in [-0.05, 0) is 60.2 Å². The molecule has 0 radical (unpaired) electrons. The van der Waals surface area contributed by atoms with Gasteiger partial charge in [-0.1, -0.05) is 53.0 Å². The number of carbonyl (C=O) groups excluding carboxylic acids is 1. The van der Waals surface area contributed by atoms with Crippen LogP contribution in [0.15, 0.2) is 66.7 Å². The minimum Gasteiger partial charge on any atom is -0.496 e. The van der Waals surface area contributed by atoms with Crippen molar-refractivity contribution in [2.24, 2.45) is 0 Å². The van der Waals surface area contributed by atoms with Gasteiger partial charge in [0.05, 0.1) is 12.1 Å². The summed E-state index contributed by atoms with van der Waals surface area (Å²) < 4.78 is 11.2. The van der Waals surface area contributed by atoms with Crippen LogP contribution < -0.4 is 9.47 Å². The molecular formula is C23H17Cl3O3. The van der Waals surface area contributed by atoms with Gasteiger partial charge in [0.15, 0.2) is 5.78 Å². The van der Waals surface area contributed by atoms with Crippen molar-refractivity contribution in [1.29, 1.82) is 0 Å². The summed E-state index contributed by atoms with van der Waals surface area (Å²) in [6, 6.07) is 17.5. The summed E-state index contributed by atoms with van der Waals surface area (Å²) in [7, 11) is 1.60. The van der Waals surface area contributed by atoms with Crippen LogP contribution in [0.1, 0.15) is 21.5 Å². The maximum Gasteiger partial charge on any atom is 0.187 e. The third-order valence-electron chi connectivity index (χ3n) is 4.12. The zero-order valence-corrected chi connectivity index (χ0v) is 17.8. The fourth-order valence-corrected chi connectivity index (χ4v) is 3.37. The predicted molar refractivity (Wildman–Crippen MR) is 119 cm³/mol. The second-order valence-corrected chi connectivity index (χ2v) is 7.42. The maximum absolute atomic E-state index is 12.4. The monoisotopic (exact) mass is 446 g/mol. The number of ether oxygens (including phenoxy) is 2. The third-order valence-corrected chi connectivity index (χ3v) is 4.90. The first-order valence-corrected chi connectivity index (χ1v) is 9.82. The highest BCUT2D eigenvalue weighted by Gasteiger charge is 2.09. The van der Waals surface area contributed by atoms with Gasteiger partial charge in [-0.25, -0.2) is 0 Å². The molecule has 0 aliphatic heterocycles. The van der Waals surface area contributed by atoms with E-state index in [0.29, 0.717) is 38.7 Å². The highest BCUT2D eigenvalue weighted by atomic mass is 35.5. The lowest BCUT2D eigenvalue weighted by Crippen LogP contribution is -1.99. The molecular weight excluding hydrogens is 431 g/mol. The molecule has 0 amide bonds. The summed E-state index contributed by atoms with van der Waals surface area (Å²) >= 11 is 18.0. The molecule has 0 unspecified atom stereocenters. The van der Waals surface area contributed by atoms with Crippen molar-refractivity contribution in [2.45, 2.75) is 6.61 Å². The van der Waals surface area contributed by atoms with E-state index in [-0.39, 0.29) is 5.78 Å². The second kappa shape index (κ2) is 9.84. The zero-order chi connectivity index (χ0) is 20.8. The first-order valence-electron chi connectivity index (χ1n) is 8.69. The molecule has 6 heteroatoms. The standard InChI is InChI=1S/C23H17Cl3O3/c1-28-23-10-6-15(5-9-22(27)20-8-7-18(25)13-21(20)26)11-16(23)14-29-19-4-2-3-17(24)12-19/h2-13H,14H2,1H3/b9-5+. The van der Waals surface area contributed by atoms with Gasteiger partial charge in [0.2, 0.25) is 0 Å². The van der Waals surface area contributed by atoms with Gasteiger partial charge < -0.3 is 9.47 Å². The number of benzene rings is 3. The molecule has 0 aliphatic carbocycles. The minimum atomic E-state index is -0.209. The van der Waals surface area contributed by atoms with Crippen molar-refractivity contribution in [3.05, 3.63) is 98.5 Å². The molecule has 0 aromatic heterocycles. The third kappa shape index (κ3) is 5.77. The molecule has 3 aromatic carbocycles. The molecule has 0 saturated heterocycles. The minimum absolute atomic E-state index is 0.209. The van der Waals surface area contributed by atoms with E-state index in [4.69, 9.17) is 44.3 Å². The number of methoxy groups -OCH3 is 1. The van der Waals surface area contributed by atoms with Crippen molar-refractivity contribution < 1.29 is 14.3 Å². The Balaban J connectivity index is 1.76. The van der Waals surface area contributed by atoms with Crippen LogP contribution in [0, 0.1) is 0 Å². The molecule has 3 aromatic rings. The van der Waals surface area contributed by atoms with Crippen LogP contribution in [0.2, 0.25) is 15.1 Å². The van der Waals surface area contributed by atoms with E-state index in [1.807, 2.05) is 30.3 Å². The molecule has 3 nitrogen and oxygen atoms in total. The summed E-state index contributed by atoms with van der Waals surface area (Å²) in [4.78, 5) is 12.4. The maximum atomic E-state index is 12.4. The molecule has 0 atom stereocenters. The molecule has 0 saturated carbocycles. The van der Waals surface area contributed by atoms with Crippen molar-refractivity contribution >= 4 is 46.7 Å². The molecule has 0 spiro atoms. The van der Waals surface area contributed by atoms with Gasteiger partial charge in [-0.2, -0.15) is 0 Å². The van der Waals surface area contributed by atoms with Crippen molar-refractivity contribution in [3.8, 4) is 11.5 Å². The normalized spacial score (nSPS) is 10.9. The molecule has 0 bridgehead atoms. The van der Waals surface area contributed by atoms with E-state index in [2.05, 4.69) is 0 Å². The Morgan fingerprint density at radius 2 is 1.76 bits per heavy atom. The average molecular weight is 448 g/mol. The molecule has 29 heavy (non-hydrogen) atoms. The van der Waals surface area contributed by atoms with Crippen LogP contribution in [-0.2, 0) is 6.61 Å². The Labute approximate surface area is 184 Å². The number of hydrogen-bond donors (Lipinski definition) is 0. The summed E-state index contributed by atoms with van der Waals surface area (Å²) in [6.07, 6.45) is 3.19. The van der Waals surface area contributed by atoms with Gasteiger partial charge in [-0.3, -0.25) is 4.79 Å². The first-order chi connectivity index (χ1) is 14.0. The average Bonchev–Trinajstić information content (AvgIpc) is 2.70. The van der Waals surface area contributed by atoms with Crippen LogP contribution >= 0.6 is 34.8 Å². The zero-order valence-electron chi connectivity index (χ0n) is 15.5. The molecule has 0 heterocycles. The fraction of sp³-hybridized carbons (Fsp3) is 0.0870. The summed E-state index contributed by atoms with van der Waals surface area (Å²) in [5, 5.41) is 1.40. The highest BCUT2D eigenvalue weighted by molar-refractivity contribution is 6.37. The van der Waals surface area contributed by atoms with Gasteiger partial charge in [0, 0.05) is 21.2 Å². The lowest BCUT2D eigenvalue weighted by molar-refractivity contribution is 0.104. The number of halogens is 3. The molecule has 3 rings (SSSR count). The van der Waals surface area contributed by atoms with Crippen molar-refractivity contribution in [3.63, 3.8) is 0 Å². The summed E-state index contributed by atoms with van der Waals surface area (Å²) in [6.45, 7) is 0.294. The quantitative estimate of drug-likeness (QED) is 0.285. The van der Waals surface area contributed by atoms with Gasteiger partial charge >= 0.3 is 0 Å². The smallest absolute Gasteiger partial charge is 0.187 e. The Morgan fingerprint density at radius 3 is 2.48 bits per heavy atom. The number of ketones is 1. The summed E-state index contributed by atoms with van der Waals surface area (Å²) in [5.74, 6) is 1.14. The Morgan fingerprint density at radius 1 is 0.966 bits per heavy atom. The predicted octanol–water partition coefficient (Wildman–Crippen LogP) is 7.13. The van der Waals surface area contributed by atoms with Crippen LogP contribution in [0.4, 0.5) is 0 Å². The Kier molecular flexibility index (Phi) is 7.21. The fourth-order valence-electron chi connectivity index (χ4n) is 2.68. The topological polar surface area (TPSA) is 35.5 Å². The van der Waals surface area contributed by atoms with Gasteiger partial charge in [0.1, 0.15) is 18.1 Å². The lowest BCUT2D eigenvalue weighted by Gasteiger charge is -2.11. The number of carbonyl (C=O) groups is 1. The molecule has 148 valence electrons. The van der Waals surface area contributed by atoms with Crippen molar-refractivity contribution in [1.82, 2.24) is 0 Å². The van der Waals surface area contributed by atoms with Crippen LogP contribution in [0.3, 0.4) is 0 Å². The van der Waals surface area contributed by atoms with Gasteiger partial charge in [-0.15, -0.1) is 0 Å². The van der Waals surface area contributed by atoms with E-state index >= 15 is 0 Å². The van der Waals surface area contributed by atoms with Crippen LogP contribution in [0.25, 0.3) is 6.08 Å². The summed E-state index contributed by atoms with van der Waals surface area (Å²) in [5.41, 5.74) is 2.06. The Hall–Kier alpha value is -2.46. The van der Waals surface area contributed by atoms with E-state index in [0.717, 1.165) is 11.1 Å². The SMILES string of the molecule is COc1ccc(/C=C/C(=O)c2ccc(Cl)cc2Cl)cc1COc1cccc(Cl)c1. The van der Waals surface area contributed by atoms with Crippen molar-refractivity contribution in [2.75, 3.05) is 7.11 Å². The van der Waals surface area contributed by atoms with Crippen LogP contribution in [-0.4, -0.2) is 12.9 Å². The number of rotatable bonds is 7. The number of hydrogen-bond acceptors (Lipinski definition) is 3. The second-order valence-electron chi connectivity index (χ2n) is 6.14. The van der Waals surface area contributed by atoms with E-state index in [1.165, 1.54) is 6.08 Å². The lowest BCUT2D eigenvalue weighted by atomic mass is 10.1. The highest BCUT2D eigenvalue weighted by Crippen LogP contribution is 2.25. The van der Waals surface area contributed by atoms with Gasteiger partial charge in [0.25, 0.3) is 0 Å². The van der Waals surface area contributed by atoms with E-state index < -0.39 is 0 Å². The number of allylic oxidation sites excluding steroid dienone is 1. The van der Waals surface area contributed by atoms with E-state index in [1.54, 1.807) is 43.5 Å². The Bertz CT molecular complexity index is 1060. The first kappa shape index (κ1) is 21.3. The van der Waals surface area contributed by atoms with Crippen LogP contribution in [0.5, 0.6) is 11.5 Å².